The molecule has 2 aromatic rings. The first-order valence-corrected chi connectivity index (χ1v) is 6.86. The van der Waals surface area contributed by atoms with Gasteiger partial charge in [-0.3, -0.25) is 10.00 Å². The lowest BCUT2D eigenvalue weighted by Crippen LogP contribution is -2.20. The van der Waals surface area contributed by atoms with Gasteiger partial charge in [-0.2, -0.15) is 5.10 Å². The van der Waals surface area contributed by atoms with Crippen LogP contribution in [0.2, 0.25) is 0 Å². The predicted octanol–water partition coefficient (Wildman–Crippen LogP) is 2.16. The monoisotopic (exact) mass is 248 g/mol. The lowest BCUT2D eigenvalue weighted by molar-refractivity contribution is 0.323. The van der Waals surface area contributed by atoms with E-state index in [-0.39, 0.29) is 0 Å². The van der Waals surface area contributed by atoms with Gasteiger partial charge in [0.1, 0.15) is 0 Å². The Kier molecular flexibility index (Phi) is 2.94. The highest BCUT2D eigenvalue weighted by atomic mass is 32.1. The summed E-state index contributed by atoms with van der Waals surface area (Å²) >= 11 is 1.67. The molecule has 4 nitrogen and oxygen atoms in total. The number of hydrogen-bond acceptors (Lipinski definition) is 4. The van der Waals surface area contributed by atoms with Crippen molar-refractivity contribution in [2.45, 2.75) is 25.8 Å². The van der Waals surface area contributed by atoms with Crippen LogP contribution in [0.3, 0.4) is 0 Å². The van der Waals surface area contributed by atoms with E-state index in [0.717, 1.165) is 19.6 Å². The van der Waals surface area contributed by atoms with E-state index in [0.29, 0.717) is 5.92 Å². The topological polar surface area (TPSA) is 44.8 Å². The van der Waals surface area contributed by atoms with Gasteiger partial charge in [-0.25, -0.2) is 4.98 Å². The molecule has 90 valence electrons. The fraction of sp³-hybridized carbons (Fsp3) is 0.500. The number of rotatable bonds is 3. The summed E-state index contributed by atoms with van der Waals surface area (Å²) < 4.78 is 0. The van der Waals surface area contributed by atoms with Gasteiger partial charge in [0, 0.05) is 30.1 Å². The van der Waals surface area contributed by atoms with Crippen LogP contribution in [-0.2, 0) is 6.54 Å². The molecule has 0 aromatic carbocycles. The minimum Gasteiger partial charge on any atom is -0.297 e. The number of thiazole rings is 1. The highest BCUT2D eigenvalue weighted by molar-refractivity contribution is 7.07. The average molecular weight is 248 g/mol. The fourth-order valence-corrected chi connectivity index (χ4v) is 3.08. The molecular weight excluding hydrogens is 232 g/mol. The molecule has 2 aromatic heterocycles. The highest BCUT2D eigenvalue weighted by Gasteiger charge is 2.26. The Morgan fingerprint density at radius 2 is 2.53 bits per heavy atom. The molecule has 1 N–H and O–H groups in total. The van der Waals surface area contributed by atoms with Gasteiger partial charge in [-0.15, -0.1) is 11.3 Å². The van der Waals surface area contributed by atoms with Crippen molar-refractivity contribution in [3.05, 3.63) is 34.0 Å². The minimum absolute atomic E-state index is 0.608. The number of hydrogen-bond donors (Lipinski definition) is 1. The Labute approximate surface area is 105 Å². The molecule has 3 heterocycles. The Balaban J connectivity index is 1.64. The summed E-state index contributed by atoms with van der Waals surface area (Å²) in [4.78, 5) is 6.81. The summed E-state index contributed by atoms with van der Waals surface area (Å²) in [7, 11) is 0. The molecule has 0 unspecified atom stereocenters. The number of likely N-dealkylation sites (tertiary alicyclic amines) is 1. The van der Waals surface area contributed by atoms with E-state index in [1.807, 2.05) is 11.7 Å². The summed E-state index contributed by atoms with van der Waals surface area (Å²) in [6.45, 7) is 5.37. The van der Waals surface area contributed by atoms with E-state index in [1.165, 1.54) is 23.4 Å². The largest absolute Gasteiger partial charge is 0.297 e. The summed E-state index contributed by atoms with van der Waals surface area (Å²) in [5.74, 6) is 0.608. The minimum atomic E-state index is 0.608. The smallest absolute Gasteiger partial charge is 0.0795 e. The van der Waals surface area contributed by atoms with Crippen LogP contribution in [0.1, 0.15) is 29.3 Å². The van der Waals surface area contributed by atoms with E-state index < -0.39 is 0 Å². The van der Waals surface area contributed by atoms with Crippen LogP contribution in [0.5, 0.6) is 0 Å². The van der Waals surface area contributed by atoms with Crippen molar-refractivity contribution in [3.8, 4) is 0 Å². The normalized spacial score (nSPS) is 21.1. The number of nitrogens with one attached hydrogen (secondary N) is 1. The van der Waals surface area contributed by atoms with Gasteiger partial charge in [0.05, 0.1) is 17.4 Å². The van der Waals surface area contributed by atoms with Crippen molar-refractivity contribution in [2.24, 2.45) is 0 Å². The number of aromatic amines is 1. The second kappa shape index (κ2) is 4.58. The molecule has 1 atom stereocenters. The molecule has 0 radical (unpaired) electrons. The molecule has 3 rings (SSSR count). The third-order valence-corrected chi connectivity index (χ3v) is 4.05. The maximum atomic E-state index is 4.34. The van der Waals surface area contributed by atoms with E-state index >= 15 is 0 Å². The maximum Gasteiger partial charge on any atom is 0.0795 e. The van der Waals surface area contributed by atoms with E-state index in [2.05, 4.69) is 32.4 Å². The molecule has 1 aliphatic rings. The van der Waals surface area contributed by atoms with Crippen molar-refractivity contribution in [2.75, 3.05) is 13.1 Å². The van der Waals surface area contributed by atoms with Crippen molar-refractivity contribution >= 4 is 11.3 Å². The van der Waals surface area contributed by atoms with Crippen LogP contribution in [0.15, 0.2) is 17.1 Å². The number of aryl methyl sites for hydroxylation is 1. The first-order valence-electron chi connectivity index (χ1n) is 5.92. The lowest BCUT2D eigenvalue weighted by atomic mass is 10.0. The van der Waals surface area contributed by atoms with Crippen molar-refractivity contribution in [1.82, 2.24) is 20.1 Å². The van der Waals surface area contributed by atoms with Crippen LogP contribution in [0.4, 0.5) is 0 Å². The second-order valence-corrected chi connectivity index (χ2v) is 5.39. The molecule has 0 bridgehead atoms. The maximum absolute atomic E-state index is 4.34. The molecule has 0 saturated carbocycles. The van der Waals surface area contributed by atoms with Crippen molar-refractivity contribution in [1.29, 1.82) is 0 Å². The van der Waals surface area contributed by atoms with Gasteiger partial charge in [-0.1, -0.05) is 0 Å². The Bertz CT molecular complexity index is 476. The van der Waals surface area contributed by atoms with Crippen LogP contribution < -0.4 is 0 Å². The zero-order valence-electron chi connectivity index (χ0n) is 9.89. The van der Waals surface area contributed by atoms with Gasteiger partial charge < -0.3 is 0 Å². The lowest BCUT2D eigenvalue weighted by Gasteiger charge is -2.14. The van der Waals surface area contributed by atoms with Crippen LogP contribution in [-0.4, -0.2) is 33.2 Å². The first kappa shape index (κ1) is 10.9. The summed E-state index contributed by atoms with van der Waals surface area (Å²) in [5, 5.41) is 9.38. The molecule has 0 aliphatic carbocycles. The average Bonchev–Trinajstić information content (AvgIpc) is 3.00. The van der Waals surface area contributed by atoms with E-state index in [1.54, 1.807) is 11.3 Å². The Morgan fingerprint density at radius 3 is 3.24 bits per heavy atom. The zero-order valence-corrected chi connectivity index (χ0v) is 10.7. The van der Waals surface area contributed by atoms with Gasteiger partial charge in [-0.05, 0) is 25.5 Å². The molecule has 0 spiro atoms. The van der Waals surface area contributed by atoms with Gasteiger partial charge in [0.2, 0.25) is 0 Å². The number of aromatic nitrogens is 3. The highest BCUT2D eigenvalue weighted by Crippen LogP contribution is 2.28. The van der Waals surface area contributed by atoms with Crippen molar-refractivity contribution < 1.29 is 0 Å². The molecule has 1 aliphatic heterocycles. The van der Waals surface area contributed by atoms with Crippen LogP contribution in [0.25, 0.3) is 0 Å². The van der Waals surface area contributed by atoms with E-state index in [9.17, 15) is 0 Å². The third kappa shape index (κ3) is 2.25. The van der Waals surface area contributed by atoms with Gasteiger partial charge >= 0.3 is 0 Å². The molecule has 1 saturated heterocycles. The van der Waals surface area contributed by atoms with Gasteiger partial charge in [0.15, 0.2) is 0 Å². The van der Waals surface area contributed by atoms with Gasteiger partial charge in [0.25, 0.3) is 0 Å². The number of nitrogens with zero attached hydrogens (tertiary/aromatic N) is 3. The molecule has 1 fully saturated rings. The zero-order chi connectivity index (χ0) is 11.7. The fourth-order valence-electron chi connectivity index (χ4n) is 2.53. The molecule has 5 heteroatoms. The van der Waals surface area contributed by atoms with E-state index in [4.69, 9.17) is 0 Å². The SMILES string of the molecule is Cc1cn[nH]c1[C@H]1CCN(Cc2cscn2)C1. The third-order valence-electron chi connectivity index (χ3n) is 3.42. The van der Waals surface area contributed by atoms with Crippen molar-refractivity contribution in [3.63, 3.8) is 0 Å². The summed E-state index contributed by atoms with van der Waals surface area (Å²) in [6.07, 6.45) is 3.13. The number of H-pyrrole nitrogens is 1. The Morgan fingerprint density at radius 1 is 1.59 bits per heavy atom. The molecular formula is C12H16N4S. The molecule has 0 amide bonds. The summed E-state index contributed by atoms with van der Waals surface area (Å²) in [6, 6.07) is 0. The predicted molar refractivity (Wildman–Crippen MR) is 68.1 cm³/mol. The summed E-state index contributed by atoms with van der Waals surface area (Å²) in [5.41, 5.74) is 5.69. The first-order chi connectivity index (χ1) is 8.33. The molecule has 17 heavy (non-hydrogen) atoms. The quantitative estimate of drug-likeness (QED) is 0.905. The van der Waals surface area contributed by atoms with Crippen LogP contribution >= 0.6 is 11.3 Å². The Hall–Kier alpha value is -1.20. The standard InChI is InChI=1S/C12H16N4S/c1-9-4-14-15-12(9)10-2-3-16(5-10)6-11-7-17-8-13-11/h4,7-8,10H,2-3,5-6H2,1H3,(H,14,15)/t10-/m0/s1. The van der Waals surface area contributed by atoms with Crippen LogP contribution in [0, 0.1) is 6.92 Å². The second-order valence-electron chi connectivity index (χ2n) is 4.67.